The van der Waals surface area contributed by atoms with Crippen molar-refractivity contribution in [2.45, 2.75) is 60.2 Å². The molecule has 5 rings (SSSR count). The molecule has 2 aromatic carbocycles. The molecule has 0 spiro atoms. The van der Waals surface area contributed by atoms with Crippen LogP contribution in [-0.4, -0.2) is 56.0 Å². The minimum Gasteiger partial charge on any atom is -0.477 e. The molecule has 5 N–H and O–H groups in total. The van der Waals surface area contributed by atoms with Gasteiger partial charge in [-0.1, -0.05) is 71.0 Å². The number of aromatic nitrogens is 3. The number of fused-ring (bicyclic) bond motifs is 1. The molecule has 278 valence electrons. The summed E-state index contributed by atoms with van der Waals surface area (Å²) in [6, 6.07) is 14.7. The van der Waals surface area contributed by atoms with Gasteiger partial charge in [0.05, 0.1) is 29.9 Å². The highest BCUT2D eigenvalue weighted by Gasteiger charge is 2.29. The summed E-state index contributed by atoms with van der Waals surface area (Å²) in [4.78, 5) is 60.6. The number of aliphatic hydroxyl groups excluding tert-OH is 1. The van der Waals surface area contributed by atoms with Gasteiger partial charge in [-0.3, -0.25) is 10.1 Å². The van der Waals surface area contributed by atoms with Gasteiger partial charge in [-0.2, -0.15) is 0 Å². The molecule has 0 bridgehead atoms. The quantitative estimate of drug-likeness (QED) is 0.0880. The second kappa shape index (κ2) is 16.4. The van der Waals surface area contributed by atoms with E-state index < -0.39 is 46.6 Å². The van der Waals surface area contributed by atoms with Crippen LogP contribution < -0.4 is 21.4 Å². The number of nitrogens with zero attached hydrogens (tertiary/aromatic N) is 3. The first-order chi connectivity index (χ1) is 25.2. The van der Waals surface area contributed by atoms with Gasteiger partial charge < -0.3 is 30.2 Å². The van der Waals surface area contributed by atoms with Crippen molar-refractivity contribution in [3.8, 4) is 21.7 Å². The first-order valence-electron chi connectivity index (χ1n) is 17.2. The van der Waals surface area contributed by atoms with Gasteiger partial charge in [-0.05, 0) is 47.6 Å². The maximum atomic E-state index is 13.6. The summed E-state index contributed by atoms with van der Waals surface area (Å²) >= 11 is 1.33. The number of pyridine rings is 2. The molecule has 0 aliphatic carbocycles. The number of aromatic carboxylic acids is 1. The van der Waals surface area contributed by atoms with Crippen molar-refractivity contribution < 1.29 is 29.3 Å². The van der Waals surface area contributed by atoms with Gasteiger partial charge in [0.2, 0.25) is 5.43 Å². The molecule has 5 aromatic rings. The second-order valence-electron chi connectivity index (χ2n) is 14.0. The molecular formula is C39H44N6O7S. The third kappa shape index (κ3) is 8.90. The highest BCUT2D eigenvalue weighted by Crippen LogP contribution is 2.38. The van der Waals surface area contributed by atoms with E-state index in [9.17, 15) is 29.4 Å². The first-order valence-corrected chi connectivity index (χ1v) is 18.1. The van der Waals surface area contributed by atoms with Gasteiger partial charge in [0.1, 0.15) is 23.0 Å². The van der Waals surface area contributed by atoms with Gasteiger partial charge >= 0.3 is 18.1 Å². The van der Waals surface area contributed by atoms with Crippen molar-refractivity contribution in [1.29, 1.82) is 0 Å². The Balaban J connectivity index is 1.59. The topological polar surface area (TPSA) is 185 Å². The van der Waals surface area contributed by atoms with Crippen LogP contribution in [0.2, 0.25) is 0 Å². The molecule has 3 aromatic heterocycles. The summed E-state index contributed by atoms with van der Waals surface area (Å²) < 4.78 is 7.13. The molecule has 3 heterocycles. The van der Waals surface area contributed by atoms with Crippen molar-refractivity contribution in [1.82, 2.24) is 25.2 Å². The molecule has 0 aliphatic heterocycles. The number of carboxylic acid groups (broad SMARTS) is 1. The van der Waals surface area contributed by atoms with Gasteiger partial charge in [-0.25, -0.2) is 24.4 Å². The Morgan fingerprint density at radius 2 is 1.77 bits per heavy atom. The monoisotopic (exact) mass is 740 g/mol. The summed E-state index contributed by atoms with van der Waals surface area (Å²) in [5, 5.41) is 31.2. The molecule has 53 heavy (non-hydrogen) atoms. The van der Waals surface area contributed by atoms with Gasteiger partial charge in [-0.15, -0.1) is 11.3 Å². The zero-order valence-electron chi connectivity index (χ0n) is 30.5. The number of alkyl carbamates (subject to hydrolysis) is 1. The minimum absolute atomic E-state index is 0.0527. The Labute approximate surface area is 311 Å². The Morgan fingerprint density at radius 1 is 1.04 bits per heavy atom. The molecule has 0 saturated carbocycles. The number of carbonyl (C=O) groups is 3. The number of anilines is 1. The summed E-state index contributed by atoms with van der Waals surface area (Å²) in [5.41, 5.74) is 2.05. The van der Waals surface area contributed by atoms with Crippen molar-refractivity contribution >= 4 is 46.2 Å². The lowest BCUT2D eigenvalue weighted by Gasteiger charge is -2.32. The smallest absolute Gasteiger partial charge is 0.408 e. The van der Waals surface area contributed by atoms with Crippen LogP contribution in [-0.2, 0) is 11.3 Å². The van der Waals surface area contributed by atoms with Crippen molar-refractivity contribution in [3.05, 3.63) is 99.4 Å². The van der Waals surface area contributed by atoms with Crippen LogP contribution in [0.4, 0.5) is 15.4 Å². The largest absolute Gasteiger partial charge is 0.477 e. The van der Waals surface area contributed by atoms with Gasteiger partial charge in [0, 0.05) is 40.8 Å². The number of rotatable bonds is 12. The van der Waals surface area contributed by atoms with Gasteiger partial charge in [0.25, 0.3) is 0 Å². The van der Waals surface area contributed by atoms with E-state index in [0.29, 0.717) is 39.5 Å². The minimum atomic E-state index is -1.38. The second-order valence-corrected chi connectivity index (χ2v) is 14.8. The number of aliphatic hydroxyl groups is 1. The predicted octanol–water partition coefficient (Wildman–Crippen LogP) is 7.23. The number of carboxylic acids is 1. The lowest BCUT2D eigenvalue weighted by atomic mass is 9.86. The fourth-order valence-corrected chi connectivity index (χ4v) is 6.88. The van der Waals surface area contributed by atoms with Crippen LogP contribution in [0.15, 0.2) is 77.2 Å². The highest BCUT2D eigenvalue weighted by atomic mass is 32.1. The van der Waals surface area contributed by atoms with E-state index in [0.717, 1.165) is 5.56 Å². The molecule has 0 unspecified atom stereocenters. The first kappa shape index (κ1) is 38.6. The number of hydrogen-bond donors (Lipinski definition) is 5. The Bertz CT molecular complexity index is 2180. The van der Waals surface area contributed by atoms with Crippen LogP contribution in [0.1, 0.15) is 75.2 Å². The molecule has 2 atom stereocenters. The number of urea groups is 1. The van der Waals surface area contributed by atoms with E-state index in [1.807, 2.05) is 70.3 Å². The highest BCUT2D eigenvalue weighted by molar-refractivity contribution is 7.13. The van der Waals surface area contributed by atoms with Crippen LogP contribution in [0.3, 0.4) is 0 Å². The molecule has 3 amide bonds. The van der Waals surface area contributed by atoms with Crippen LogP contribution in [0, 0.1) is 11.3 Å². The number of ether oxygens (including phenoxy) is 1. The van der Waals surface area contributed by atoms with E-state index in [1.165, 1.54) is 17.5 Å². The number of benzene rings is 2. The van der Waals surface area contributed by atoms with Gasteiger partial charge in [0.15, 0.2) is 0 Å². The molecule has 0 fully saturated rings. The number of hydrogen-bond acceptors (Lipinski definition) is 9. The van der Waals surface area contributed by atoms with E-state index in [2.05, 4.69) is 20.9 Å². The molecular weight excluding hydrogens is 697 g/mol. The molecule has 0 saturated heterocycles. The zero-order valence-corrected chi connectivity index (χ0v) is 31.3. The molecule has 0 radical (unpaired) electrons. The third-order valence-electron chi connectivity index (χ3n) is 8.79. The van der Waals surface area contributed by atoms with E-state index in [4.69, 9.17) is 9.72 Å². The third-order valence-corrected chi connectivity index (χ3v) is 9.68. The fraction of sp³-hybridized carbons (Fsp3) is 0.333. The maximum Gasteiger partial charge on any atom is 0.408 e. The molecule has 14 heteroatoms. The fourth-order valence-electron chi connectivity index (χ4n) is 5.99. The predicted molar refractivity (Wildman–Crippen MR) is 205 cm³/mol. The average molecular weight is 741 g/mol. The van der Waals surface area contributed by atoms with Crippen LogP contribution >= 0.6 is 11.3 Å². The Morgan fingerprint density at radius 3 is 2.42 bits per heavy atom. The number of amides is 3. The lowest BCUT2D eigenvalue weighted by Crippen LogP contribution is -2.32. The molecule has 13 nitrogen and oxygen atoms in total. The van der Waals surface area contributed by atoms with Crippen LogP contribution in [0.25, 0.3) is 32.6 Å². The van der Waals surface area contributed by atoms with Crippen molar-refractivity contribution in [2.75, 3.05) is 18.5 Å². The standard InChI is InChI=1S/C39H44N6O7S/c1-7-40-37(50)43-32-16-25(35-42-29(21-53-35)33(22(2)3)44-38(51)52-20-23-11-9-8-10-12-23)27(17-41-32)24-13-14-30-26(15-24)34(47)28(36(48)49)18-45(30)31(19-46)39(4,5)6/h8-18,21-22,31,33,46H,7,19-20H2,1-6H3,(H,44,51)(H,48,49)(H2,40,41,43,50)/t31-,33+/m1/s1. The SMILES string of the molecule is CCNC(=O)Nc1cc(-c2nc([C@@H](NC(=O)OCc3ccccc3)C(C)C)cs2)c(-c2ccc3c(c2)c(=O)c(C(=O)O)cn3[C@H](CO)C(C)(C)C)cn1. The summed E-state index contributed by atoms with van der Waals surface area (Å²) in [5.74, 6) is -1.18. The Hall–Kier alpha value is -5.60. The average Bonchev–Trinajstić information content (AvgIpc) is 3.60. The Kier molecular flexibility index (Phi) is 11.9. The molecule has 0 aliphatic rings. The number of carbonyl (C=O) groups excluding carboxylic acids is 2. The van der Waals surface area contributed by atoms with E-state index >= 15 is 0 Å². The van der Waals surface area contributed by atoms with Crippen molar-refractivity contribution in [2.24, 2.45) is 11.3 Å². The normalized spacial score (nSPS) is 12.7. The van der Waals surface area contributed by atoms with E-state index in [-0.39, 0.29) is 30.3 Å². The zero-order chi connectivity index (χ0) is 38.4. The van der Waals surface area contributed by atoms with E-state index in [1.54, 1.807) is 42.0 Å². The van der Waals surface area contributed by atoms with Crippen molar-refractivity contribution in [3.63, 3.8) is 0 Å². The summed E-state index contributed by atoms with van der Waals surface area (Å²) in [6.45, 7) is 11.7. The summed E-state index contributed by atoms with van der Waals surface area (Å²) in [7, 11) is 0. The number of nitrogens with one attached hydrogen (secondary N) is 3. The summed E-state index contributed by atoms with van der Waals surface area (Å²) in [6.07, 6.45) is 2.27. The van der Waals surface area contributed by atoms with Crippen LogP contribution in [0.5, 0.6) is 0 Å². The maximum absolute atomic E-state index is 13.6. The number of thiazole rings is 1. The lowest BCUT2D eigenvalue weighted by molar-refractivity contribution is 0.0692.